The lowest BCUT2D eigenvalue weighted by molar-refractivity contribution is 0.571. The second-order valence-electron chi connectivity index (χ2n) is 3.79. The average molecular weight is 194 g/mol. The second-order valence-corrected chi connectivity index (χ2v) is 3.79. The summed E-state index contributed by atoms with van der Waals surface area (Å²) >= 11 is 0. The third-order valence-electron chi connectivity index (χ3n) is 2.70. The molecule has 0 bridgehead atoms. The Bertz CT molecular complexity index is 249. The monoisotopic (exact) mass is 194 g/mol. The molecule has 1 atom stereocenters. The van der Waals surface area contributed by atoms with Crippen LogP contribution in [0.15, 0.2) is 18.5 Å². The molecule has 1 N–H and O–H groups in total. The Kier molecular flexibility index (Phi) is 4.74. The van der Waals surface area contributed by atoms with Crippen molar-refractivity contribution in [3.8, 4) is 0 Å². The van der Waals surface area contributed by atoms with Gasteiger partial charge >= 0.3 is 0 Å². The van der Waals surface area contributed by atoms with E-state index in [1.165, 1.54) is 18.4 Å². The van der Waals surface area contributed by atoms with E-state index in [-0.39, 0.29) is 0 Å². The van der Waals surface area contributed by atoms with Crippen molar-refractivity contribution in [3.63, 3.8) is 0 Å². The standard InChI is InChI=1S/C12H22N2/c1-4-6-8-14-9-7-11(10-14)12(5-2)13-3/h7,9-10,12-13H,4-6,8H2,1-3H3. The number of hydrogen-bond donors (Lipinski definition) is 1. The van der Waals surface area contributed by atoms with Crippen molar-refractivity contribution in [2.75, 3.05) is 7.05 Å². The smallest absolute Gasteiger partial charge is 0.0329 e. The Morgan fingerprint density at radius 1 is 1.43 bits per heavy atom. The van der Waals surface area contributed by atoms with Crippen LogP contribution in [0.3, 0.4) is 0 Å². The maximum atomic E-state index is 3.32. The minimum absolute atomic E-state index is 0.512. The molecule has 80 valence electrons. The average Bonchev–Trinajstić information content (AvgIpc) is 2.65. The molecule has 14 heavy (non-hydrogen) atoms. The SMILES string of the molecule is CCCCn1ccc(C(CC)NC)c1. The molecular formula is C12H22N2. The first-order valence-corrected chi connectivity index (χ1v) is 5.64. The molecule has 0 spiro atoms. The zero-order valence-electron chi connectivity index (χ0n) is 9.59. The van der Waals surface area contributed by atoms with Crippen LogP contribution >= 0.6 is 0 Å². The van der Waals surface area contributed by atoms with Gasteiger partial charge in [0.2, 0.25) is 0 Å². The highest BCUT2D eigenvalue weighted by Crippen LogP contribution is 2.16. The number of unbranched alkanes of at least 4 members (excludes halogenated alkanes) is 1. The summed E-state index contributed by atoms with van der Waals surface area (Å²) in [6.07, 6.45) is 8.13. The van der Waals surface area contributed by atoms with E-state index >= 15 is 0 Å². The molecule has 2 heteroatoms. The highest BCUT2D eigenvalue weighted by atomic mass is 14.9. The van der Waals surface area contributed by atoms with Crippen molar-refractivity contribution in [2.24, 2.45) is 0 Å². The minimum Gasteiger partial charge on any atom is -0.354 e. The van der Waals surface area contributed by atoms with Crippen LogP contribution in [-0.4, -0.2) is 11.6 Å². The van der Waals surface area contributed by atoms with Crippen LogP contribution in [0.2, 0.25) is 0 Å². The molecule has 1 heterocycles. The van der Waals surface area contributed by atoms with Crippen LogP contribution in [0, 0.1) is 0 Å². The van der Waals surface area contributed by atoms with E-state index in [1.807, 2.05) is 7.05 Å². The number of nitrogens with zero attached hydrogens (tertiary/aromatic N) is 1. The number of aromatic nitrogens is 1. The summed E-state index contributed by atoms with van der Waals surface area (Å²) in [6.45, 7) is 5.59. The Hall–Kier alpha value is -0.760. The predicted molar refractivity (Wildman–Crippen MR) is 61.4 cm³/mol. The minimum atomic E-state index is 0.512. The highest BCUT2D eigenvalue weighted by Gasteiger charge is 2.07. The number of hydrogen-bond acceptors (Lipinski definition) is 1. The molecule has 0 aromatic carbocycles. The number of aryl methyl sites for hydroxylation is 1. The Morgan fingerprint density at radius 2 is 2.21 bits per heavy atom. The van der Waals surface area contributed by atoms with Crippen molar-refractivity contribution in [2.45, 2.75) is 45.7 Å². The van der Waals surface area contributed by atoms with E-state index in [2.05, 4.69) is 42.2 Å². The van der Waals surface area contributed by atoms with Gasteiger partial charge in [-0.15, -0.1) is 0 Å². The molecule has 0 aliphatic carbocycles. The van der Waals surface area contributed by atoms with Crippen LogP contribution in [0.5, 0.6) is 0 Å². The molecule has 0 radical (unpaired) electrons. The molecule has 0 saturated carbocycles. The summed E-state index contributed by atoms with van der Waals surface area (Å²) in [7, 11) is 2.03. The van der Waals surface area contributed by atoms with Gasteiger partial charge < -0.3 is 9.88 Å². The van der Waals surface area contributed by atoms with E-state index in [4.69, 9.17) is 0 Å². The maximum Gasteiger partial charge on any atom is 0.0329 e. The second kappa shape index (κ2) is 5.86. The summed E-state index contributed by atoms with van der Waals surface area (Å²) in [4.78, 5) is 0. The lowest BCUT2D eigenvalue weighted by atomic mass is 10.1. The van der Waals surface area contributed by atoms with Crippen LogP contribution < -0.4 is 5.32 Å². The number of rotatable bonds is 6. The molecule has 1 unspecified atom stereocenters. The Morgan fingerprint density at radius 3 is 2.79 bits per heavy atom. The molecule has 0 aliphatic heterocycles. The fourth-order valence-electron chi connectivity index (χ4n) is 1.75. The van der Waals surface area contributed by atoms with Gasteiger partial charge in [0.25, 0.3) is 0 Å². The van der Waals surface area contributed by atoms with E-state index in [0.29, 0.717) is 6.04 Å². The molecule has 2 nitrogen and oxygen atoms in total. The zero-order valence-corrected chi connectivity index (χ0v) is 9.59. The normalized spacial score (nSPS) is 13.1. The van der Waals surface area contributed by atoms with E-state index in [1.54, 1.807) is 0 Å². The van der Waals surface area contributed by atoms with Gasteiger partial charge in [0, 0.05) is 25.0 Å². The van der Waals surface area contributed by atoms with Crippen LogP contribution in [0.25, 0.3) is 0 Å². The van der Waals surface area contributed by atoms with Crippen molar-refractivity contribution >= 4 is 0 Å². The van der Waals surface area contributed by atoms with E-state index < -0.39 is 0 Å². The lowest BCUT2D eigenvalue weighted by Crippen LogP contribution is -2.14. The van der Waals surface area contributed by atoms with E-state index in [0.717, 1.165) is 13.0 Å². The summed E-state index contributed by atoms with van der Waals surface area (Å²) in [5.41, 5.74) is 1.41. The van der Waals surface area contributed by atoms with Crippen molar-refractivity contribution in [1.82, 2.24) is 9.88 Å². The predicted octanol–water partition coefficient (Wildman–Crippen LogP) is 2.96. The molecular weight excluding hydrogens is 172 g/mol. The van der Waals surface area contributed by atoms with Crippen molar-refractivity contribution < 1.29 is 0 Å². The maximum absolute atomic E-state index is 3.32. The first-order valence-electron chi connectivity index (χ1n) is 5.64. The largest absolute Gasteiger partial charge is 0.354 e. The van der Waals surface area contributed by atoms with Gasteiger partial charge in [-0.05, 0) is 31.5 Å². The Balaban J connectivity index is 2.57. The van der Waals surface area contributed by atoms with Crippen molar-refractivity contribution in [3.05, 3.63) is 24.0 Å². The summed E-state index contributed by atoms with van der Waals surface area (Å²) in [5, 5.41) is 3.32. The molecule has 0 saturated heterocycles. The van der Waals surface area contributed by atoms with Crippen molar-refractivity contribution in [1.29, 1.82) is 0 Å². The van der Waals surface area contributed by atoms with Gasteiger partial charge in [0.05, 0.1) is 0 Å². The van der Waals surface area contributed by atoms with Crippen LogP contribution in [0.1, 0.15) is 44.7 Å². The molecule has 1 rings (SSSR count). The molecule has 0 amide bonds. The Labute approximate surface area is 87.3 Å². The quantitative estimate of drug-likeness (QED) is 0.736. The van der Waals surface area contributed by atoms with E-state index in [9.17, 15) is 0 Å². The topological polar surface area (TPSA) is 17.0 Å². The third kappa shape index (κ3) is 2.88. The van der Waals surface area contributed by atoms with Gasteiger partial charge in [-0.3, -0.25) is 0 Å². The fraction of sp³-hybridized carbons (Fsp3) is 0.667. The third-order valence-corrected chi connectivity index (χ3v) is 2.70. The molecule has 1 aromatic rings. The summed E-state index contributed by atoms with van der Waals surface area (Å²) < 4.78 is 2.29. The molecule has 0 aliphatic rings. The zero-order chi connectivity index (χ0) is 10.4. The first kappa shape index (κ1) is 11.3. The van der Waals surface area contributed by atoms with Gasteiger partial charge in [-0.2, -0.15) is 0 Å². The van der Waals surface area contributed by atoms with Gasteiger partial charge in [-0.25, -0.2) is 0 Å². The lowest BCUT2D eigenvalue weighted by Gasteiger charge is -2.11. The fourth-order valence-corrected chi connectivity index (χ4v) is 1.75. The molecule has 1 aromatic heterocycles. The van der Waals surface area contributed by atoms with Crippen LogP contribution in [0.4, 0.5) is 0 Å². The summed E-state index contributed by atoms with van der Waals surface area (Å²) in [6, 6.07) is 2.73. The summed E-state index contributed by atoms with van der Waals surface area (Å²) in [5.74, 6) is 0. The van der Waals surface area contributed by atoms with Gasteiger partial charge in [0.15, 0.2) is 0 Å². The van der Waals surface area contributed by atoms with Crippen LogP contribution in [-0.2, 0) is 6.54 Å². The van der Waals surface area contributed by atoms with Gasteiger partial charge in [-0.1, -0.05) is 20.3 Å². The highest BCUT2D eigenvalue weighted by molar-refractivity contribution is 5.15. The molecule has 0 fully saturated rings. The number of nitrogens with one attached hydrogen (secondary N) is 1. The first-order chi connectivity index (χ1) is 6.81. The van der Waals surface area contributed by atoms with Gasteiger partial charge in [0.1, 0.15) is 0 Å².